The molecule has 0 aromatic rings. The van der Waals surface area contributed by atoms with Crippen LogP contribution >= 0.6 is 0 Å². The Morgan fingerprint density at radius 1 is 1.33 bits per heavy atom. The summed E-state index contributed by atoms with van der Waals surface area (Å²) in [5, 5.41) is 0. The molecule has 2 N–H and O–H groups in total. The van der Waals surface area contributed by atoms with E-state index in [1.54, 1.807) is 6.92 Å². The Kier molecular flexibility index (Phi) is 6.45. The number of carbonyl (C=O) groups excluding carboxylic acids is 2. The standard InChI is InChI=1S/C15H28N2O4/c1-5-20-13(18)12-9-11(7-6-8-16)10-17(12)14(19)21-15(2,3)4/h11-12H,5-10,16H2,1-4H3/t11?,12-/m0/s1. The molecular formula is C15H28N2O4. The van der Waals surface area contributed by atoms with E-state index in [4.69, 9.17) is 15.2 Å². The maximum atomic E-state index is 12.3. The molecule has 0 bridgehead atoms. The van der Waals surface area contributed by atoms with Gasteiger partial charge in [-0.05, 0) is 59.4 Å². The molecule has 1 amide bonds. The molecule has 122 valence electrons. The Labute approximate surface area is 126 Å². The lowest BCUT2D eigenvalue weighted by atomic mass is 10.00. The SMILES string of the molecule is CCOC(=O)[C@@H]1CC(CCCN)CN1C(=O)OC(C)(C)C. The Bertz CT molecular complexity index is 365. The summed E-state index contributed by atoms with van der Waals surface area (Å²) in [5.74, 6) is -0.0749. The van der Waals surface area contributed by atoms with Crippen LogP contribution < -0.4 is 5.73 Å². The number of nitrogens with zero attached hydrogens (tertiary/aromatic N) is 1. The zero-order valence-electron chi connectivity index (χ0n) is 13.6. The van der Waals surface area contributed by atoms with Gasteiger partial charge in [-0.3, -0.25) is 4.90 Å². The van der Waals surface area contributed by atoms with Crippen LogP contribution in [0.15, 0.2) is 0 Å². The van der Waals surface area contributed by atoms with Crippen LogP contribution in [-0.4, -0.2) is 48.3 Å². The molecule has 0 saturated carbocycles. The van der Waals surface area contributed by atoms with Gasteiger partial charge in [0, 0.05) is 6.54 Å². The van der Waals surface area contributed by atoms with Gasteiger partial charge in [0.05, 0.1) is 6.61 Å². The molecule has 2 atom stereocenters. The van der Waals surface area contributed by atoms with Gasteiger partial charge >= 0.3 is 12.1 Å². The molecule has 0 radical (unpaired) electrons. The van der Waals surface area contributed by atoms with Crippen molar-refractivity contribution in [3.8, 4) is 0 Å². The molecule has 1 aliphatic rings. The Morgan fingerprint density at radius 3 is 2.52 bits per heavy atom. The van der Waals surface area contributed by atoms with E-state index in [0.717, 1.165) is 12.8 Å². The van der Waals surface area contributed by atoms with Gasteiger partial charge in [0.15, 0.2) is 0 Å². The summed E-state index contributed by atoms with van der Waals surface area (Å²) in [5.41, 5.74) is 4.95. The number of likely N-dealkylation sites (tertiary alicyclic amines) is 1. The largest absolute Gasteiger partial charge is 0.464 e. The zero-order valence-corrected chi connectivity index (χ0v) is 13.6. The topological polar surface area (TPSA) is 81.9 Å². The summed E-state index contributed by atoms with van der Waals surface area (Å²) in [6.07, 6.45) is 1.97. The minimum absolute atomic E-state index is 0.274. The summed E-state index contributed by atoms with van der Waals surface area (Å²) in [6, 6.07) is -0.539. The first-order chi connectivity index (χ1) is 9.78. The highest BCUT2D eigenvalue weighted by Crippen LogP contribution is 2.29. The van der Waals surface area contributed by atoms with E-state index in [9.17, 15) is 9.59 Å². The molecule has 21 heavy (non-hydrogen) atoms. The monoisotopic (exact) mass is 300 g/mol. The molecule has 1 saturated heterocycles. The van der Waals surface area contributed by atoms with Crippen LogP contribution in [0.2, 0.25) is 0 Å². The molecular weight excluding hydrogens is 272 g/mol. The highest BCUT2D eigenvalue weighted by Gasteiger charge is 2.41. The molecule has 0 spiro atoms. The fraction of sp³-hybridized carbons (Fsp3) is 0.867. The number of carbonyl (C=O) groups is 2. The number of rotatable bonds is 5. The predicted octanol–water partition coefficient (Wildman–Crippen LogP) is 1.91. The Balaban J connectivity index is 2.75. The molecule has 0 aliphatic carbocycles. The highest BCUT2D eigenvalue weighted by atomic mass is 16.6. The first-order valence-electron chi connectivity index (χ1n) is 7.64. The van der Waals surface area contributed by atoms with Crippen molar-refractivity contribution in [3.63, 3.8) is 0 Å². The molecule has 0 aromatic heterocycles. The van der Waals surface area contributed by atoms with Crippen molar-refractivity contribution in [2.45, 2.75) is 58.6 Å². The van der Waals surface area contributed by atoms with Gasteiger partial charge in [-0.2, -0.15) is 0 Å². The van der Waals surface area contributed by atoms with Crippen molar-refractivity contribution in [2.24, 2.45) is 11.7 Å². The van der Waals surface area contributed by atoms with Crippen LogP contribution in [-0.2, 0) is 14.3 Å². The molecule has 0 aromatic carbocycles. The van der Waals surface area contributed by atoms with Gasteiger partial charge in [0.1, 0.15) is 11.6 Å². The minimum atomic E-state index is -0.578. The van der Waals surface area contributed by atoms with Crippen LogP contribution in [0, 0.1) is 5.92 Å². The van der Waals surface area contributed by atoms with Gasteiger partial charge in [-0.25, -0.2) is 9.59 Å². The second-order valence-electron chi connectivity index (χ2n) is 6.43. The predicted molar refractivity (Wildman–Crippen MR) is 79.8 cm³/mol. The molecule has 1 heterocycles. The van der Waals surface area contributed by atoms with Gasteiger partial charge < -0.3 is 15.2 Å². The average Bonchev–Trinajstić information content (AvgIpc) is 2.79. The number of esters is 1. The van der Waals surface area contributed by atoms with Crippen LogP contribution in [0.3, 0.4) is 0 Å². The number of ether oxygens (including phenoxy) is 2. The third-order valence-electron chi connectivity index (χ3n) is 3.39. The van der Waals surface area contributed by atoms with Crippen molar-refractivity contribution in [1.29, 1.82) is 0 Å². The van der Waals surface area contributed by atoms with E-state index >= 15 is 0 Å². The highest BCUT2D eigenvalue weighted by molar-refractivity contribution is 5.82. The van der Waals surface area contributed by atoms with E-state index in [0.29, 0.717) is 26.1 Å². The molecule has 1 fully saturated rings. The summed E-state index contributed by atoms with van der Waals surface area (Å²) in [7, 11) is 0. The maximum Gasteiger partial charge on any atom is 0.411 e. The minimum Gasteiger partial charge on any atom is -0.464 e. The van der Waals surface area contributed by atoms with Crippen molar-refractivity contribution >= 4 is 12.1 Å². The maximum absolute atomic E-state index is 12.3. The second kappa shape index (κ2) is 7.64. The van der Waals surface area contributed by atoms with Gasteiger partial charge in [-0.1, -0.05) is 0 Å². The van der Waals surface area contributed by atoms with Crippen molar-refractivity contribution < 1.29 is 19.1 Å². The van der Waals surface area contributed by atoms with Gasteiger partial charge in [-0.15, -0.1) is 0 Å². The van der Waals surface area contributed by atoms with Crippen LogP contribution in [0.1, 0.15) is 47.0 Å². The average molecular weight is 300 g/mol. The van der Waals surface area contributed by atoms with Crippen molar-refractivity contribution in [3.05, 3.63) is 0 Å². The van der Waals surface area contributed by atoms with Crippen molar-refractivity contribution in [2.75, 3.05) is 19.7 Å². The van der Waals surface area contributed by atoms with Crippen LogP contribution in [0.4, 0.5) is 4.79 Å². The van der Waals surface area contributed by atoms with E-state index < -0.39 is 17.7 Å². The number of hydrogen-bond acceptors (Lipinski definition) is 5. The number of hydrogen-bond donors (Lipinski definition) is 1. The van der Waals surface area contributed by atoms with E-state index in [2.05, 4.69) is 0 Å². The lowest BCUT2D eigenvalue weighted by molar-refractivity contribution is -0.148. The quantitative estimate of drug-likeness (QED) is 0.784. The fourth-order valence-corrected chi connectivity index (χ4v) is 2.52. The third kappa shape index (κ3) is 5.53. The summed E-state index contributed by atoms with van der Waals surface area (Å²) >= 11 is 0. The summed E-state index contributed by atoms with van der Waals surface area (Å²) in [4.78, 5) is 25.8. The fourth-order valence-electron chi connectivity index (χ4n) is 2.52. The normalized spacial score (nSPS) is 22.2. The van der Waals surface area contributed by atoms with E-state index in [1.807, 2.05) is 20.8 Å². The lowest BCUT2D eigenvalue weighted by Gasteiger charge is -2.27. The Hall–Kier alpha value is -1.30. The van der Waals surface area contributed by atoms with Crippen molar-refractivity contribution in [1.82, 2.24) is 4.90 Å². The lowest BCUT2D eigenvalue weighted by Crippen LogP contribution is -2.44. The molecule has 1 rings (SSSR count). The number of amides is 1. The van der Waals surface area contributed by atoms with E-state index in [-0.39, 0.29) is 11.9 Å². The summed E-state index contributed by atoms with van der Waals surface area (Å²) < 4.78 is 10.5. The van der Waals surface area contributed by atoms with Crippen LogP contribution in [0.25, 0.3) is 0 Å². The second-order valence-corrected chi connectivity index (χ2v) is 6.43. The van der Waals surface area contributed by atoms with Gasteiger partial charge in [0.2, 0.25) is 0 Å². The number of nitrogens with two attached hydrogens (primary N) is 1. The smallest absolute Gasteiger partial charge is 0.411 e. The molecule has 1 aliphatic heterocycles. The van der Waals surface area contributed by atoms with E-state index in [1.165, 1.54) is 4.90 Å². The first-order valence-corrected chi connectivity index (χ1v) is 7.64. The first kappa shape index (κ1) is 17.8. The molecule has 1 unspecified atom stereocenters. The third-order valence-corrected chi connectivity index (χ3v) is 3.39. The Morgan fingerprint density at radius 2 is 2.00 bits per heavy atom. The zero-order chi connectivity index (χ0) is 16.0. The van der Waals surface area contributed by atoms with Gasteiger partial charge in [0.25, 0.3) is 0 Å². The molecule has 6 heteroatoms. The molecule has 6 nitrogen and oxygen atoms in total. The van der Waals surface area contributed by atoms with Crippen LogP contribution in [0.5, 0.6) is 0 Å². The summed E-state index contributed by atoms with van der Waals surface area (Å²) in [6.45, 7) is 8.65.